The van der Waals surface area contributed by atoms with Gasteiger partial charge in [-0.25, -0.2) is 0 Å². The van der Waals surface area contributed by atoms with Gasteiger partial charge in [-0.3, -0.25) is 9.59 Å². The minimum absolute atomic E-state index is 0.0984. The largest absolute Gasteiger partial charge is 0.290 e. The van der Waals surface area contributed by atoms with Crippen LogP contribution >= 0.6 is 0 Å². The smallest absolute Gasteiger partial charge is 0.182 e. The molecular formula is C20H26O2. The lowest BCUT2D eigenvalue weighted by Crippen LogP contribution is -2.54. The van der Waals surface area contributed by atoms with Crippen molar-refractivity contribution < 1.29 is 9.59 Å². The van der Waals surface area contributed by atoms with Crippen LogP contribution in [-0.2, 0) is 9.59 Å². The maximum atomic E-state index is 12.5. The summed E-state index contributed by atoms with van der Waals surface area (Å²) in [5.41, 5.74) is 2.35. The Hall–Kier alpha value is -1.18. The number of rotatable bonds is 0. The molecule has 2 nitrogen and oxygen atoms in total. The molecule has 4 aliphatic rings. The van der Waals surface area contributed by atoms with Gasteiger partial charge in [-0.1, -0.05) is 27.2 Å². The molecule has 118 valence electrons. The lowest BCUT2D eigenvalue weighted by Gasteiger charge is -2.60. The topological polar surface area (TPSA) is 34.1 Å². The molecule has 22 heavy (non-hydrogen) atoms. The van der Waals surface area contributed by atoms with E-state index in [4.69, 9.17) is 0 Å². The highest BCUT2D eigenvalue weighted by Gasteiger charge is 2.57. The fourth-order valence-electron chi connectivity index (χ4n) is 6.24. The lowest BCUT2D eigenvalue weighted by atomic mass is 9.43. The van der Waals surface area contributed by atoms with Crippen LogP contribution in [0.1, 0.15) is 59.3 Å². The van der Waals surface area contributed by atoms with E-state index in [-0.39, 0.29) is 17.0 Å². The zero-order valence-corrected chi connectivity index (χ0v) is 13.9. The van der Waals surface area contributed by atoms with Crippen molar-refractivity contribution in [1.82, 2.24) is 0 Å². The summed E-state index contributed by atoms with van der Waals surface area (Å²) < 4.78 is 0. The number of hydrogen-bond donors (Lipinski definition) is 0. The standard InChI is InChI=1S/C20H26O2/c1-19(2)10-8-12-17-13(15(21)6-7-16(17)22)11-20(3)9-4-5-14(19)18(12)20/h6-7,12,14,18H,4-5,8-11H2,1-3H3. The Morgan fingerprint density at radius 2 is 1.73 bits per heavy atom. The van der Waals surface area contributed by atoms with E-state index in [0.29, 0.717) is 23.2 Å². The number of carbonyl (C=O) groups is 2. The number of ketones is 2. The van der Waals surface area contributed by atoms with Crippen molar-refractivity contribution in [3.63, 3.8) is 0 Å². The molecule has 0 amide bonds. The molecular weight excluding hydrogens is 272 g/mol. The number of carbonyl (C=O) groups excluding carboxylic acids is 2. The third-order valence-electron chi connectivity index (χ3n) is 7.26. The second kappa shape index (κ2) is 4.43. The molecule has 0 aromatic heterocycles. The molecule has 0 bridgehead atoms. The van der Waals surface area contributed by atoms with E-state index >= 15 is 0 Å². The van der Waals surface area contributed by atoms with Gasteiger partial charge in [0.2, 0.25) is 0 Å². The van der Waals surface area contributed by atoms with E-state index < -0.39 is 0 Å². The van der Waals surface area contributed by atoms with Crippen molar-refractivity contribution in [3.8, 4) is 0 Å². The minimum atomic E-state index is 0.0984. The van der Waals surface area contributed by atoms with Crippen molar-refractivity contribution in [2.75, 3.05) is 0 Å². The molecule has 0 saturated heterocycles. The first-order chi connectivity index (χ1) is 10.3. The monoisotopic (exact) mass is 298 g/mol. The van der Waals surface area contributed by atoms with Crippen LogP contribution < -0.4 is 0 Å². The van der Waals surface area contributed by atoms with Crippen LogP contribution in [0.2, 0.25) is 0 Å². The van der Waals surface area contributed by atoms with Crippen molar-refractivity contribution >= 4 is 11.6 Å². The van der Waals surface area contributed by atoms with Crippen LogP contribution in [0.4, 0.5) is 0 Å². The molecule has 4 atom stereocenters. The van der Waals surface area contributed by atoms with Gasteiger partial charge in [0.1, 0.15) is 0 Å². The van der Waals surface area contributed by atoms with Crippen LogP contribution in [0.15, 0.2) is 23.3 Å². The Morgan fingerprint density at radius 3 is 2.50 bits per heavy atom. The summed E-state index contributed by atoms with van der Waals surface area (Å²) in [7, 11) is 0. The number of hydrogen-bond acceptors (Lipinski definition) is 2. The first-order valence-electron chi connectivity index (χ1n) is 8.83. The quantitative estimate of drug-likeness (QED) is 0.626. The fraction of sp³-hybridized carbons (Fsp3) is 0.700. The summed E-state index contributed by atoms with van der Waals surface area (Å²) in [6.45, 7) is 7.21. The Bertz CT molecular complexity index is 622. The molecule has 2 saturated carbocycles. The molecule has 0 spiro atoms. The highest BCUT2D eigenvalue weighted by molar-refractivity contribution is 6.20. The van der Waals surface area contributed by atoms with E-state index in [1.165, 1.54) is 37.8 Å². The van der Waals surface area contributed by atoms with Gasteiger partial charge in [-0.05, 0) is 72.8 Å². The summed E-state index contributed by atoms with van der Waals surface area (Å²) in [5, 5.41) is 0. The summed E-state index contributed by atoms with van der Waals surface area (Å²) >= 11 is 0. The lowest BCUT2D eigenvalue weighted by molar-refractivity contribution is -0.121. The maximum absolute atomic E-state index is 12.5. The normalized spacial score (nSPS) is 43.0. The van der Waals surface area contributed by atoms with Crippen LogP contribution in [0.5, 0.6) is 0 Å². The highest BCUT2D eigenvalue weighted by atomic mass is 16.1. The first kappa shape index (κ1) is 14.4. The molecule has 4 rings (SSSR count). The molecule has 0 N–H and O–H groups in total. The van der Waals surface area contributed by atoms with E-state index in [1.54, 1.807) is 0 Å². The summed E-state index contributed by atoms with van der Waals surface area (Å²) in [6, 6.07) is 0. The highest BCUT2D eigenvalue weighted by Crippen LogP contribution is 2.64. The first-order valence-corrected chi connectivity index (χ1v) is 8.83. The molecule has 0 aromatic carbocycles. The van der Waals surface area contributed by atoms with Crippen LogP contribution in [0.3, 0.4) is 0 Å². The Labute approximate surface area is 133 Å². The van der Waals surface area contributed by atoms with Crippen molar-refractivity contribution in [1.29, 1.82) is 0 Å². The van der Waals surface area contributed by atoms with Crippen LogP contribution in [0.25, 0.3) is 0 Å². The van der Waals surface area contributed by atoms with E-state index in [2.05, 4.69) is 20.8 Å². The van der Waals surface area contributed by atoms with E-state index in [1.807, 2.05) is 0 Å². The van der Waals surface area contributed by atoms with Crippen LogP contribution in [-0.4, -0.2) is 11.6 Å². The number of allylic oxidation sites excluding steroid dienone is 4. The predicted molar refractivity (Wildman–Crippen MR) is 86.2 cm³/mol. The fourth-order valence-corrected chi connectivity index (χ4v) is 6.24. The average molecular weight is 298 g/mol. The molecule has 0 radical (unpaired) electrons. The van der Waals surface area contributed by atoms with Crippen LogP contribution in [0, 0.1) is 28.6 Å². The van der Waals surface area contributed by atoms with Crippen molar-refractivity contribution in [3.05, 3.63) is 23.3 Å². The molecule has 4 aliphatic carbocycles. The number of fused-ring (bicyclic) bond motifs is 1. The Balaban J connectivity index is 1.87. The zero-order valence-electron chi connectivity index (χ0n) is 13.9. The molecule has 0 heterocycles. The summed E-state index contributed by atoms with van der Waals surface area (Å²) in [4.78, 5) is 24.9. The maximum Gasteiger partial charge on any atom is 0.182 e. The molecule has 4 unspecified atom stereocenters. The molecule has 2 fully saturated rings. The summed E-state index contributed by atoms with van der Waals surface area (Å²) in [5.74, 6) is 1.83. The summed E-state index contributed by atoms with van der Waals surface area (Å²) in [6.07, 6.45) is 9.87. The zero-order chi connectivity index (χ0) is 15.7. The predicted octanol–water partition coefficient (Wildman–Crippen LogP) is 4.25. The van der Waals surface area contributed by atoms with Crippen molar-refractivity contribution in [2.24, 2.45) is 28.6 Å². The minimum Gasteiger partial charge on any atom is -0.290 e. The Morgan fingerprint density at radius 1 is 1.00 bits per heavy atom. The van der Waals surface area contributed by atoms with Gasteiger partial charge in [-0.2, -0.15) is 0 Å². The van der Waals surface area contributed by atoms with Crippen molar-refractivity contribution in [2.45, 2.75) is 59.3 Å². The van der Waals surface area contributed by atoms with Gasteiger partial charge in [0.05, 0.1) is 0 Å². The molecule has 0 aromatic rings. The van der Waals surface area contributed by atoms with Gasteiger partial charge in [-0.15, -0.1) is 0 Å². The third-order valence-corrected chi connectivity index (χ3v) is 7.26. The van der Waals surface area contributed by atoms with Gasteiger partial charge in [0, 0.05) is 11.1 Å². The van der Waals surface area contributed by atoms with Gasteiger partial charge >= 0.3 is 0 Å². The van der Waals surface area contributed by atoms with Gasteiger partial charge < -0.3 is 0 Å². The van der Waals surface area contributed by atoms with E-state index in [0.717, 1.165) is 24.0 Å². The second-order valence-corrected chi connectivity index (χ2v) is 8.94. The molecule has 2 heteroatoms. The average Bonchev–Trinajstić information content (AvgIpc) is 2.45. The Kier molecular flexibility index (Phi) is 2.90. The van der Waals surface area contributed by atoms with Gasteiger partial charge in [0.25, 0.3) is 0 Å². The second-order valence-electron chi connectivity index (χ2n) is 8.94. The van der Waals surface area contributed by atoms with E-state index in [9.17, 15) is 9.59 Å². The van der Waals surface area contributed by atoms with Gasteiger partial charge in [0.15, 0.2) is 11.6 Å². The SMILES string of the molecule is CC1(C)CCC2C3=C(CC4(C)CCCC1C24)C(=O)C=CC3=O. The molecule has 0 aliphatic heterocycles. The third kappa shape index (κ3) is 1.79.